The topological polar surface area (TPSA) is 57.6 Å². The fourth-order valence-electron chi connectivity index (χ4n) is 2.81. The fraction of sp³-hybridized carbons (Fsp3) is 0.500. The number of aliphatic carboxylic acids is 1. The van der Waals surface area contributed by atoms with E-state index >= 15 is 0 Å². The Morgan fingerprint density at radius 2 is 1.90 bits per heavy atom. The standard InChI is InChI=1S/C16H20ClNO3/c1-3-18(11(2)10-14(19)20)15(21)16(8-9-16)12-4-6-13(17)7-5-12/h4-7,11H,3,8-10H2,1-2H3,(H,19,20). The van der Waals surface area contributed by atoms with Gasteiger partial charge in [-0.2, -0.15) is 0 Å². The second-order valence-electron chi connectivity index (χ2n) is 5.63. The molecular weight excluding hydrogens is 290 g/mol. The summed E-state index contributed by atoms with van der Waals surface area (Å²) in [7, 11) is 0. The van der Waals surface area contributed by atoms with E-state index in [1.807, 2.05) is 19.1 Å². The van der Waals surface area contributed by atoms with Crippen molar-refractivity contribution in [3.8, 4) is 0 Å². The van der Waals surface area contributed by atoms with Crippen LogP contribution in [-0.2, 0) is 15.0 Å². The average Bonchev–Trinajstić information content (AvgIpc) is 3.21. The Balaban J connectivity index is 2.20. The van der Waals surface area contributed by atoms with Gasteiger partial charge in [0.1, 0.15) is 0 Å². The van der Waals surface area contributed by atoms with E-state index in [4.69, 9.17) is 16.7 Å². The van der Waals surface area contributed by atoms with Crippen molar-refractivity contribution in [3.63, 3.8) is 0 Å². The maximum atomic E-state index is 12.9. The van der Waals surface area contributed by atoms with Crippen molar-refractivity contribution in [2.24, 2.45) is 0 Å². The Kier molecular flexibility index (Phi) is 4.57. The molecule has 21 heavy (non-hydrogen) atoms. The van der Waals surface area contributed by atoms with Crippen molar-refractivity contribution < 1.29 is 14.7 Å². The molecule has 0 bridgehead atoms. The number of hydrogen-bond donors (Lipinski definition) is 1. The van der Waals surface area contributed by atoms with Crippen molar-refractivity contribution >= 4 is 23.5 Å². The maximum Gasteiger partial charge on any atom is 0.305 e. The van der Waals surface area contributed by atoms with Crippen LogP contribution in [0, 0.1) is 0 Å². The van der Waals surface area contributed by atoms with E-state index in [2.05, 4.69) is 0 Å². The van der Waals surface area contributed by atoms with Gasteiger partial charge in [-0.25, -0.2) is 0 Å². The van der Waals surface area contributed by atoms with E-state index in [1.165, 1.54) is 0 Å². The van der Waals surface area contributed by atoms with Gasteiger partial charge in [-0.3, -0.25) is 9.59 Å². The minimum absolute atomic E-state index is 0.0288. The van der Waals surface area contributed by atoms with Gasteiger partial charge in [-0.15, -0.1) is 0 Å². The molecule has 1 aromatic carbocycles. The number of carbonyl (C=O) groups is 2. The SMILES string of the molecule is CCN(C(=O)C1(c2ccc(Cl)cc2)CC1)C(C)CC(=O)O. The highest BCUT2D eigenvalue weighted by Crippen LogP contribution is 2.50. The molecule has 1 aromatic rings. The molecule has 1 saturated carbocycles. The molecule has 0 heterocycles. The Hall–Kier alpha value is -1.55. The molecule has 114 valence electrons. The molecule has 4 nitrogen and oxygen atoms in total. The summed E-state index contributed by atoms with van der Waals surface area (Å²) < 4.78 is 0. The predicted molar refractivity (Wildman–Crippen MR) is 81.5 cm³/mol. The molecule has 0 radical (unpaired) electrons. The lowest BCUT2D eigenvalue weighted by molar-refractivity contribution is -0.141. The number of halogens is 1. The number of carboxylic acid groups (broad SMARTS) is 1. The molecule has 1 aliphatic carbocycles. The third-order valence-electron chi connectivity index (χ3n) is 4.16. The van der Waals surface area contributed by atoms with Gasteiger partial charge in [-0.05, 0) is 44.4 Å². The number of benzene rings is 1. The predicted octanol–water partition coefficient (Wildman–Crippen LogP) is 3.08. The van der Waals surface area contributed by atoms with Crippen LogP contribution < -0.4 is 0 Å². The van der Waals surface area contributed by atoms with Crippen LogP contribution in [0.3, 0.4) is 0 Å². The van der Waals surface area contributed by atoms with Gasteiger partial charge < -0.3 is 10.0 Å². The third kappa shape index (κ3) is 3.21. The van der Waals surface area contributed by atoms with Gasteiger partial charge in [0, 0.05) is 17.6 Å². The number of carboxylic acids is 1. The summed E-state index contributed by atoms with van der Waals surface area (Å²) in [5.41, 5.74) is 0.491. The van der Waals surface area contributed by atoms with Crippen molar-refractivity contribution in [2.45, 2.75) is 44.6 Å². The van der Waals surface area contributed by atoms with Gasteiger partial charge in [0.25, 0.3) is 0 Å². The number of nitrogens with zero attached hydrogens (tertiary/aromatic N) is 1. The second-order valence-corrected chi connectivity index (χ2v) is 6.06. The zero-order chi connectivity index (χ0) is 15.6. The lowest BCUT2D eigenvalue weighted by Gasteiger charge is -2.31. The van der Waals surface area contributed by atoms with E-state index in [-0.39, 0.29) is 18.4 Å². The monoisotopic (exact) mass is 309 g/mol. The number of amides is 1. The quantitative estimate of drug-likeness (QED) is 0.878. The summed E-state index contributed by atoms with van der Waals surface area (Å²) in [6, 6.07) is 7.07. The molecule has 1 amide bonds. The molecule has 1 fully saturated rings. The number of hydrogen-bond acceptors (Lipinski definition) is 2. The molecular formula is C16H20ClNO3. The highest BCUT2D eigenvalue weighted by atomic mass is 35.5. The summed E-state index contributed by atoms with van der Waals surface area (Å²) in [6.07, 6.45) is 1.59. The van der Waals surface area contributed by atoms with E-state index in [0.717, 1.165) is 18.4 Å². The molecule has 1 unspecified atom stereocenters. The fourth-order valence-corrected chi connectivity index (χ4v) is 2.94. The minimum Gasteiger partial charge on any atom is -0.481 e. The molecule has 1 atom stereocenters. The first-order chi connectivity index (χ1) is 9.90. The summed E-state index contributed by atoms with van der Waals surface area (Å²) >= 11 is 5.90. The van der Waals surface area contributed by atoms with Crippen LogP contribution in [-0.4, -0.2) is 34.5 Å². The van der Waals surface area contributed by atoms with Crippen LogP contribution in [0.25, 0.3) is 0 Å². The molecule has 0 saturated heterocycles. The van der Waals surface area contributed by atoms with Crippen LogP contribution in [0.4, 0.5) is 0 Å². The third-order valence-corrected chi connectivity index (χ3v) is 4.41. The van der Waals surface area contributed by atoms with Gasteiger partial charge in [0.2, 0.25) is 5.91 Å². The van der Waals surface area contributed by atoms with E-state index in [0.29, 0.717) is 11.6 Å². The summed E-state index contributed by atoms with van der Waals surface area (Å²) in [5.74, 6) is -0.855. The van der Waals surface area contributed by atoms with Crippen molar-refractivity contribution in [2.75, 3.05) is 6.54 Å². The van der Waals surface area contributed by atoms with Crippen LogP contribution >= 0.6 is 11.6 Å². The van der Waals surface area contributed by atoms with Gasteiger partial charge in [0.05, 0.1) is 11.8 Å². The Morgan fingerprint density at radius 3 is 2.33 bits per heavy atom. The average molecular weight is 310 g/mol. The lowest BCUT2D eigenvalue weighted by Crippen LogP contribution is -2.45. The van der Waals surface area contributed by atoms with E-state index < -0.39 is 11.4 Å². The van der Waals surface area contributed by atoms with Crippen LogP contribution in [0.1, 0.15) is 38.7 Å². The molecule has 1 aliphatic rings. The van der Waals surface area contributed by atoms with Crippen LogP contribution in [0.5, 0.6) is 0 Å². The van der Waals surface area contributed by atoms with Gasteiger partial charge in [-0.1, -0.05) is 23.7 Å². The molecule has 0 aromatic heterocycles. The zero-order valence-corrected chi connectivity index (χ0v) is 13.1. The van der Waals surface area contributed by atoms with Crippen molar-refractivity contribution in [3.05, 3.63) is 34.9 Å². The largest absolute Gasteiger partial charge is 0.481 e. The number of carbonyl (C=O) groups excluding carboxylic acids is 1. The Bertz CT molecular complexity index is 537. The first kappa shape index (κ1) is 15.8. The summed E-state index contributed by atoms with van der Waals surface area (Å²) in [5, 5.41) is 9.57. The molecule has 1 N–H and O–H groups in total. The highest BCUT2D eigenvalue weighted by Gasteiger charge is 2.53. The van der Waals surface area contributed by atoms with E-state index in [9.17, 15) is 9.59 Å². The lowest BCUT2D eigenvalue weighted by atomic mass is 9.93. The summed E-state index contributed by atoms with van der Waals surface area (Å²) in [6.45, 7) is 4.18. The van der Waals surface area contributed by atoms with Gasteiger partial charge in [0.15, 0.2) is 0 Å². The zero-order valence-electron chi connectivity index (χ0n) is 12.3. The van der Waals surface area contributed by atoms with Crippen LogP contribution in [0.2, 0.25) is 5.02 Å². The highest BCUT2D eigenvalue weighted by molar-refractivity contribution is 6.30. The molecule has 0 spiro atoms. The van der Waals surface area contributed by atoms with Crippen molar-refractivity contribution in [1.82, 2.24) is 4.90 Å². The normalized spacial score (nSPS) is 17.1. The molecule has 2 rings (SSSR count). The molecule has 0 aliphatic heterocycles. The maximum absolute atomic E-state index is 12.9. The van der Waals surface area contributed by atoms with Crippen LogP contribution in [0.15, 0.2) is 24.3 Å². The first-order valence-electron chi connectivity index (χ1n) is 7.19. The Labute approximate surface area is 129 Å². The number of likely N-dealkylation sites (N-methyl/N-ethyl adjacent to an activating group) is 1. The molecule has 5 heteroatoms. The first-order valence-corrected chi connectivity index (χ1v) is 7.57. The van der Waals surface area contributed by atoms with Gasteiger partial charge >= 0.3 is 5.97 Å². The smallest absolute Gasteiger partial charge is 0.305 e. The Morgan fingerprint density at radius 1 is 1.33 bits per heavy atom. The second kappa shape index (κ2) is 6.06. The summed E-state index contributed by atoms with van der Waals surface area (Å²) in [4.78, 5) is 25.4. The minimum atomic E-state index is -0.884. The van der Waals surface area contributed by atoms with E-state index in [1.54, 1.807) is 24.0 Å². The number of rotatable bonds is 6. The van der Waals surface area contributed by atoms with Crippen molar-refractivity contribution in [1.29, 1.82) is 0 Å².